The largest absolute Gasteiger partial charge is 0.295 e. The highest BCUT2D eigenvalue weighted by molar-refractivity contribution is 7.90. The lowest BCUT2D eigenvalue weighted by atomic mass is 10.2. The summed E-state index contributed by atoms with van der Waals surface area (Å²) in [6, 6.07) is 15.7. The molecule has 3 rings (SSSR count). The predicted octanol–water partition coefficient (Wildman–Crippen LogP) is 3.79. The highest BCUT2D eigenvalue weighted by Crippen LogP contribution is 2.26. The predicted molar refractivity (Wildman–Crippen MR) is 95.4 cm³/mol. The minimum Gasteiger partial charge on any atom is -0.295 e. The summed E-state index contributed by atoms with van der Waals surface area (Å²) < 4.78 is 27.5. The van der Waals surface area contributed by atoms with Gasteiger partial charge in [-0.1, -0.05) is 35.9 Å². The van der Waals surface area contributed by atoms with Crippen molar-refractivity contribution in [3.63, 3.8) is 0 Å². The number of carbonyl (C=O) groups excluding carboxylic acids is 1. The van der Waals surface area contributed by atoms with Gasteiger partial charge in [0.2, 0.25) is 0 Å². The molecule has 1 aromatic heterocycles. The van der Waals surface area contributed by atoms with Crippen LogP contribution in [0.4, 0.5) is 0 Å². The molecule has 0 amide bonds. The SMILES string of the molecule is CC(=O)/C=C/c1cc2ccccc2n1S(=O)(=O)c1ccc(C)cc1. The number of para-hydroxylation sites is 1. The zero-order chi connectivity index (χ0) is 17.3. The molecule has 0 aliphatic rings. The molecule has 0 aliphatic heterocycles. The lowest BCUT2D eigenvalue weighted by Gasteiger charge is -2.10. The fourth-order valence-electron chi connectivity index (χ4n) is 2.55. The van der Waals surface area contributed by atoms with Crippen molar-refractivity contribution < 1.29 is 13.2 Å². The highest BCUT2D eigenvalue weighted by Gasteiger charge is 2.21. The summed E-state index contributed by atoms with van der Waals surface area (Å²) in [6.07, 6.45) is 2.91. The fourth-order valence-corrected chi connectivity index (χ4v) is 4.06. The molecule has 122 valence electrons. The Morgan fingerprint density at radius 3 is 2.38 bits per heavy atom. The maximum atomic E-state index is 13.1. The Morgan fingerprint density at radius 2 is 1.71 bits per heavy atom. The number of nitrogens with zero attached hydrogens (tertiary/aromatic N) is 1. The molecule has 0 radical (unpaired) electrons. The number of ketones is 1. The summed E-state index contributed by atoms with van der Waals surface area (Å²) in [6.45, 7) is 3.33. The highest BCUT2D eigenvalue weighted by atomic mass is 32.2. The van der Waals surface area contributed by atoms with Gasteiger partial charge in [-0.05, 0) is 50.3 Å². The normalized spacial score (nSPS) is 12.1. The molecule has 5 heteroatoms. The molecule has 0 N–H and O–H groups in total. The van der Waals surface area contributed by atoms with Gasteiger partial charge in [0.15, 0.2) is 5.78 Å². The van der Waals surface area contributed by atoms with Gasteiger partial charge >= 0.3 is 0 Å². The molecule has 0 saturated carbocycles. The van der Waals surface area contributed by atoms with Crippen molar-refractivity contribution >= 4 is 32.8 Å². The van der Waals surface area contributed by atoms with E-state index in [-0.39, 0.29) is 10.7 Å². The Morgan fingerprint density at radius 1 is 1.04 bits per heavy atom. The Labute approximate surface area is 141 Å². The minimum atomic E-state index is -3.76. The Balaban J connectivity index is 2.28. The van der Waals surface area contributed by atoms with Gasteiger partial charge in [0.25, 0.3) is 10.0 Å². The van der Waals surface area contributed by atoms with E-state index in [1.54, 1.807) is 42.5 Å². The first-order valence-electron chi connectivity index (χ1n) is 7.51. The first-order chi connectivity index (χ1) is 11.4. The standard InChI is InChI=1S/C19H17NO3S/c1-14-7-11-18(12-8-14)24(22,23)20-17(10-9-15(2)21)13-16-5-3-4-6-19(16)20/h3-13H,1-2H3/b10-9+. The van der Waals surface area contributed by atoms with E-state index >= 15 is 0 Å². The fraction of sp³-hybridized carbons (Fsp3) is 0.105. The van der Waals surface area contributed by atoms with Gasteiger partial charge in [0.1, 0.15) is 0 Å². The first kappa shape index (κ1) is 16.2. The average molecular weight is 339 g/mol. The molecule has 0 unspecified atom stereocenters. The van der Waals surface area contributed by atoms with Crippen molar-refractivity contribution in [2.45, 2.75) is 18.7 Å². The van der Waals surface area contributed by atoms with Crippen LogP contribution in [0.3, 0.4) is 0 Å². The van der Waals surface area contributed by atoms with E-state index < -0.39 is 10.0 Å². The van der Waals surface area contributed by atoms with Crippen LogP contribution >= 0.6 is 0 Å². The monoisotopic (exact) mass is 339 g/mol. The minimum absolute atomic E-state index is 0.139. The second-order valence-electron chi connectivity index (χ2n) is 5.65. The van der Waals surface area contributed by atoms with Crippen molar-refractivity contribution in [1.82, 2.24) is 3.97 Å². The number of aromatic nitrogens is 1. The van der Waals surface area contributed by atoms with E-state index in [4.69, 9.17) is 0 Å². The Bertz CT molecular complexity index is 1040. The van der Waals surface area contributed by atoms with E-state index in [0.29, 0.717) is 11.2 Å². The van der Waals surface area contributed by atoms with E-state index in [1.807, 2.05) is 19.1 Å². The van der Waals surface area contributed by atoms with Gasteiger partial charge < -0.3 is 0 Å². The third kappa shape index (κ3) is 2.90. The smallest absolute Gasteiger partial charge is 0.268 e. The molecule has 2 aromatic carbocycles. The summed E-state index contributed by atoms with van der Waals surface area (Å²) in [5.41, 5.74) is 2.02. The van der Waals surface area contributed by atoms with E-state index in [2.05, 4.69) is 0 Å². The van der Waals surface area contributed by atoms with Crippen LogP contribution in [0.15, 0.2) is 65.6 Å². The van der Waals surface area contributed by atoms with Crippen LogP contribution < -0.4 is 0 Å². The summed E-state index contributed by atoms with van der Waals surface area (Å²) in [5, 5.41) is 0.802. The van der Waals surface area contributed by atoms with Crippen LogP contribution in [-0.2, 0) is 14.8 Å². The van der Waals surface area contributed by atoms with Crippen molar-refractivity contribution in [2.75, 3.05) is 0 Å². The van der Waals surface area contributed by atoms with E-state index in [0.717, 1.165) is 10.9 Å². The van der Waals surface area contributed by atoms with Crippen LogP contribution in [0.2, 0.25) is 0 Å². The Kier molecular flexibility index (Phi) is 4.11. The van der Waals surface area contributed by atoms with Crippen molar-refractivity contribution in [1.29, 1.82) is 0 Å². The average Bonchev–Trinajstić information content (AvgIpc) is 2.92. The van der Waals surface area contributed by atoms with Gasteiger partial charge in [0.05, 0.1) is 16.1 Å². The number of carbonyl (C=O) groups is 1. The third-order valence-electron chi connectivity index (χ3n) is 3.74. The summed E-state index contributed by atoms with van der Waals surface area (Å²) in [4.78, 5) is 11.5. The molecule has 0 fully saturated rings. The van der Waals surface area contributed by atoms with Crippen LogP contribution in [0.25, 0.3) is 17.0 Å². The molecule has 4 nitrogen and oxygen atoms in total. The zero-order valence-corrected chi connectivity index (χ0v) is 14.2. The van der Waals surface area contributed by atoms with E-state index in [1.165, 1.54) is 23.0 Å². The zero-order valence-electron chi connectivity index (χ0n) is 13.4. The maximum absolute atomic E-state index is 13.1. The lowest BCUT2D eigenvalue weighted by Crippen LogP contribution is -2.14. The van der Waals surface area contributed by atoms with Gasteiger partial charge in [-0.25, -0.2) is 12.4 Å². The molecule has 0 bridgehead atoms. The van der Waals surface area contributed by atoms with Gasteiger partial charge in [-0.2, -0.15) is 0 Å². The quantitative estimate of drug-likeness (QED) is 0.680. The van der Waals surface area contributed by atoms with Crippen LogP contribution in [-0.4, -0.2) is 18.2 Å². The number of allylic oxidation sites excluding steroid dienone is 1. The number of rotatable bonds is 4. The van der Waals surface area contributed by atoms with Crippen LogP contribution in [0.1, 0.15) is 18.2 Å². The van der Waals surface area contributed by atoms with E-state index in [9.17, 15) is 13.2 Å². The molecule has 0 atom stereocenters. The molecular weight excluding hydrogens is 322 g/mol. The molecular formula is C19H17NO3S. The second-order valence-corrected chi connectivity index (χ2v) is 7.44. The Hall–Kier alpha value is -2.66. The van der Waals surface area contributed by atoms with Gasteiger partial charge in [-0.3, -0.25) is 4.79 Å². The molecule has 1 heterocycles. The van der Waals surface area contributed by atoms with Gasteiger partial charge in [-0.15, -0.1) is 0 Å². The molecule has 0 saturated heterocycles. The molecule has 0 spiro atoms. The maximum Gasteiger partial charge on any atom is 0.268 e. The number of benzene rings is 2. The number of hydrogen-bond donors (Lipinski definition) is 0. The lowest BCUT2D eigenvalue weighted by molar-refractivity contribution is -0.112. The summed E-state index contributed by atoms with van der Waals surface area (Å²) in [5.74, 6) is -0.139. The topological polar surface area (TPSA) is 56.1 Å². The van der Waals surface area contributed by atoms with Crippen molar-refractivity contribution in [3.8, 4) is 0 Å². The second kappa shape index (κ2) is 6.09. The summed E-state index contributed by atoms with van der Waals surface area (Å²) >= 11 is 0. The number of hydrogen-bond acceptors (Lipinski definition) is 3. The van der Waals surface area contributed by atoms with Crippen LogP contribution in [0.5, 0.6) is 0 Å². The van der Waals surface area contributed by atoms with Crippen LogP contribution in [0, 0.1) is 6.92 Å². The molecule has 3 aromatic rings. The third-order valence-corrected chi connectivity index (χ3v) is 5.50. The van der Waals surface area contributed by atoms with Gasteiger partial charge in [0, 0.05) is 5.39 Å². The first-order valence-corrected chi connectivity index (χ1v) is 8.95. The molecule has 24 heavy (non-hydrogen) atoms. The molecule has 0 aliphatic carbocycles. The van der Waals surface area contributed by atoms with Crippen molar-refractivity contribution in [3.05, 3.63) is 71.9 Å². The number of aryl methyl sites for hydroxylation is 1. The number of fused-ring (bicyclic) bond motifs is 1. The summed E-state index contributed by atoms with van der Waals surface area (Å²) in [7, 11) is -3.76. The van der Waals surface area contributed by atoms with Crippen molar-refractivity contribution in [2.24, 2.45) is 0 Å².